The lowest BCUT2D eigenvalue weighted by Gasteiger charge is -2.37. The van der Waals surface area contributed by atoms with E-state index in [1.807, 2.05) is 24.0 Å². The number of thiophene rings is 1. The SMILES string of the molecule is Cc1ccc(C(=O)N2CCN(C3COCC3F)CC2)s1. The first kappa shape index (κ1) is 14.0. The predicted molar refractivity (Wildman–Crippen MR) is 76.0 cm³/mol. The van der Waals surface area contributed by atoms with Crippen molar-refractivity contribution in [3.8, 4) is 0 Å². The molecule has 6 heteroatoms. The molecule has 2 aliphatic heterocycles. The van der Waals surface area contributed by atoms with Gasteiger partial charge in [-0.3, -0.25) is 9.69 Å². The quantitative estimate of drug-likeness (QED) is 0.830. The van der Waals surface area contributed by atoms with Crippen molar-refractivity contribution >= 4 is 17.2 Å². The molecule has 110 valence electrons. The number of halogens is 1. The molecule has 2 aliphatic rings. The molecule has 0 spiro atoms. The number of alkyl halides is 1. The Labute approximate surface area is 122 Å². The Hall–Kier alpha value is -0.980. The maximum Gasteiger partial charge on any atom is 0.264 e. The molecule has 1 aromatic heterocycles. The molecule has 2 atom stereocenters. The molecular weight excluding hydrogens is 279 g/mol. The Morgan fingerprint density at radius 3 is 2.60 bits per heavy atom. The maximum atomic E-state index is 13.7. The van der Waals surface area contributed by atoms with Crippen molar-refractivity contribution in [1.82, 2.24) is 9.80 Å². The second-order valence-corrected chi connectivity index (χ2v) is 6.65. The van der Waals surface area contributed by atoms with Gasteiger partial charge in [0.15, 0.2) is 0 Å². The number of ether oxygens (including phenoxy) is 1. The average molecular weight is 298 g/mol. The summed E-state index contributed by atoms with van der Waals surface area (Å²) in [6.07, 6.45) is -0.891. The van der Waals surface area contributed by atoms with E-state index in [2.05, 4.69) is 4.90 Å². The van der Waals surface area contributed by atoms with Crippen LogP contribution in [0.25, 0.3) is 0 Å². The largest absolute Gasteiger partial charge is 0.377 e. The van der Waals surface area contributed by atoms with Gasteiger partial charge in [0.25, 0.3) is 5.91 Å². The van der Waals surface area contributed by atoms with Crippen LogP contribution in [-0.2, 0) is 4.74 Å². The van der Waals surface area contributed by atoms with Crippen molar-refractivity contribution in [2.75, 3.05) is 39.4 Å². The summed E-state index contributed by atoms with van der Waals surface area (Å²) in [5.41, 5.74) is 0. The van der Waals surface area contributed by atoms with Crippen LogP contribution in [-0.4, -0.2) is 67.3 Å². The lowest BCUT2D eigenvalue weighted by Crippen LogP contribution is -2.54. The number of carbonyl (C=O) groups is 1. The van der Waals surface area contributed by atoms with Gasteiger partial charge in [0.1, 0.15) is 6.17 Å². The summed E-state index contributed by atoms with van der Waals surface area (Å²) in [6, 6.07) is 3.73. The molecular formula is C14H19FN2O2S. The van der Waals surface area contributed by atoms with Gasteiger partial charge in [-0.05, 0) is 19.1 Å². The van der Waals surface area contributed by atoms with Gasteiger partial charge in [0.2, 0.25) is 0 Å². The van der Waals surface area contributed by atoms with Gasteiger partial charge in [-0.25, -0.2) is 4.39 Å². The first-order chi connectivity index (χ1) is 9.65. The molecule has 0 bridgehead atoms. The van der Waals surface area contributed by atoms with E-state index in [0.29, 0.717) is 19.7 Å². The fraction of sp³-hybridized carbons (Fsp3) is 0.643. The number of aryl methyl sites for hydroxylation is 1. The topological polar surface area (TPSA) is 32.8 Å². The lowest BCUT2D eigenvalue weighted by atomic mass is 10.1. The van der Waals surface area contributed by atoms with Gasteiger partial charge in [-0.15, -0.1) is 11.3 Å². The number of carbonyl (C=O) groups excluding carboxylic acids is 1. The van der Waals surface area contributed by atoms with Crippen molar-refractivity contribution in [1.29, 1.82) is 0 Å². The lowest BCUT2D eigenvalue weighted by molar-refractivity contribution is 0.0499. The van der Waals surface area contributed by atoms with Gasteiger partial charge in [0.05, 0.1) is 24.1 Å². The Kier molecular flexibility index (Phi) is 4.05. The monoisotopic (exact) mass is 298 g/mol. The number of hydrogen-bond acceptors (Lipinski definition) is 4. The fourth-order valence-corrected chi connectivity index (χ4v) is 3.65. The fourth-order valence-electron chi connectivity index (χ4n) is 2.81. The zero-order valence-electron chi connectivity index (χ0n) is 11.5. The molecule has 0 aliphatic carbocycles. The van der Waals surface area contributed by atoms with Gasteiger partial charge < -0.3 is 9.64 Å². The van der Waals surface area contributed by atoms with E-state index >= 15 is 0 Å². The minimum absolute atomic E-state index is 0.0993. The molecule has 1 amide bonds. The van der Waals surface area contributed by atoms with Crippen LogP contribution < -0.4 is 0 Å². The van der Waals surface area contributed by atoms with Crippen LogP contribution in [0, 0.1) is 6.92 Å². The van der Waals surface area contributed by atoms with Gasteiger partial charge in [-0.1, -0.05) is 0 Å². The molecule has 3 rings (SSSR count). The summed E-state index contributed by atoms with van der Waals surface area (Å²) in [4.78, 5) is 18.2. The van der Waals surface area contributed by atoms with E-state index in [0.717, 1.165) is 22.8 Å². The van der Waals surface area contributed by atoms with Crippen LogP contribution in [0.4, 0.5) is 4.39 Å². The van der Waals surface area contributed by atoms with E-state index in [1.165, 1.54) is 11.3 Å². The molecule has 0 saturated carbocycles. The molecule has 2 fully saturated rings. The zero-order chi connectivity index (χ0) is 14.1. The van der Waals surface area contributed by atoms with Gasteiger partial charge in [-0.2, -0.15) is 0 Å². The first-order valence-electron chi connectivity index (χ1n) is 6.97. The summed E-state index contributed by atoms with van der Waals surface area (Å²) >= 11 is 1.53. The first-order valence-corrected chi connectivity index (χ1v) is 7.78. The number of nitrogens with zero attached hydrogens (tertiary/aromatic N) is 2. The molecule has 2 saturated heterocycles. The number of hydrogen-bond donors (Lipinski definition) is 0. The third-order valence-electron chi connectivity index (χ3n) is 4.00. The number of piperazine rings is 1. The molecule has 0 radical (unpaired) electrons. The zero-order valence-corrected chi connectivity index (χ0v) is 12.4. The number of rotatable bonds is 2. The van der Waals surface area contributed by atoms with Gasteiger partial charge >= 0.3 is 0 Å². The summed E-state index contributed by atoms with van der Waals surface area (Å²) in [5, 5.41) is 0. The van der Waals surface area contributed by atoms with E-state index in [1.54, 1.807) is 0 Å². The van der Waals surface area contributed by atoms with Crippen LogP contribution in [0.3, 0.4) is 0 Å². The highest BCUT2D eigenvalue weighted by molar-refractivity contribution is 7.13. The molecule has 3 heterocycles. The van der Waals surface area contributed by atoms with Crippen molar-refractivity contribution in [3.63, 3.8) is 0 Å². The minimum atomic E-state index is -0.891. The third kappa shape index (κ3) is 2.73. The average Bonchev–Trinajstić information content (AvgIpc) is 3.07. The Morgan fingerprint density at radius 2 is 2.05 bits per heavy atom. The van der Waals surface area contributed by atoms with E-state index in [-0.39, 0.29) is 18.6 Å². The highest BCUT2D eigenvalue weighted by atomic mass is 32.1. The third-order valence-corrected chi connectivity index (χ3v) is 4.99. The number of amides is 1. The standard InChI is InChI=1S/C14H19FN2O2S/c1-10-2-3-13(20-10)14(18)17-6-4-16(5-7-17)12-9-19-8-11(12)15/h2-3,11-12H,4-9H2,1H3. The van der Waals surface area contributed by atoms with Gasteiger partial charge in [0, 0.05) is 31.1 Å². The van der Waals surface area contributed by atoms with E-state index in [4.69, 9.17) is 4.74 Å². The highest BCUT2D eigenvalue weighted by Gasteiger charge is 2.35. The molecule has 4 nitrogen and oxygen atoms in total. The van der Waals surface area contributed by atoms with Crippen molar-refractivity contribution < 1.29 is 13.9 Å². The Morgan fingerprint density at radius 1 is 1.30 bits per heavy atom. The van der Waals surface area contributed by atoms with Crippen molar-refractivity contribution in [2.45, 2.75) is 19.1 Å². The summed E-state index contributed by atoms with van der Waals surface area (Å²) in [7, 11) is 0. The van der Waals surface area contributed by atoms with Crippen LogP contribution in [0.1, 0.15) is 14.5 Å². The normalized spacial score (nSPS) is 28.0. The summed E-state index contributed by atoms with van der Waals surface area (Å²) in [6.45, 7) is 5.46. The second kappa shape index (κ2) is 5.79. The summed E-state index contributed by atoms with van der Waals surface area (Å²) in [5.74, 6) is 0.0993. The summed E-state index contributed by atoms with van der Waals surface area (Å²) < 4.78 is 18.8. The highest BCUT2D eigenvalue weighted by Crippen LogP contribution is 2.21. The maximum absolute atomic E-state index is 13.7. The molecule has 1 aromatic rings. The van der Waals surface area contributed by atoms with Crippen LogP contribution in [0.2, 0.25) is 0 Å². The van der Waals surface area contributed by atoms with Crippen LogP contribution in [0.5, 0.6) is 0 Å². The van der Waals surface area contributed by atoms with Crippen molar-refractivity contribution in [3.05, 3.63) is 21.9 Å². The molecule has 0 N–H and O–H groups in total. The van der Waals surface area contributed by atoms with Crippen LogP contribution >= 0.6 is 11.3 Å². The second-order valence-electron chi connectivity index (χ2n) is 5.36. The molecule has 20 heavy (non-hydrogen) atoms. The Bertz CT molecular complexity index is 485. The van der Waals surface area contributed by atoms with E-state index < -0.39 is 6.17 Å². The van der Waals surface area contributed by atoms with Crippen molar-refractivity contribution in [2.24, 2.45) is 0 Å². The van der Waals surface area contributed by atoms with Crippen LogP contribution in [0.15, 0.2) is 12.1 Å². The minimum Gasteiger partial charge on any atom is -0.377 e. The predicted octanol–water partition coefficient (Wildman–Crippen LogP) is 1.55. The van der Waals surface area contributed by atoms with E-state index in [9.17, 15) is 9.18 Å². The smallest absolute Gasteiger partial charge is 0.264 e. The Balaban J connectivity index is 1.57. The molecule has 2 unspecified atom stereocenters. The molecule has 0 aromatic carbocycles.